The minimum atomic E-state index is 0.693. The number of likely N-dealkylation sites (N-methyl/N-ethyl adjacent to an activating group) is 1. The molecule has 14 heavy (non-hydrogen) atoms. The molecule has 0 bridgehead atoms. The maximum atomic E-state index is 5.60. The van der Waals surface area contributed by atoms with Gasteiger partial charge in [-0.15, -0.1) is 0 Å². The van der Waals surface area contributed by atoms with Crippen molar-refractivity contribution in [2.75, 3.05) is 37.7 Å². The molecule has 0 fully saturated rings. The second kappa shape index (κ2) is 5.44. The number of rotatable bonds is 5. The van der Waals surface area contributed by atoms with Crippen LogP contribution in [-0.4, -0.2) is 36.6 Å². The van der Waals surface area contributed by atoms with Crippen molar-refractivity contribution in [1.82, 2.24) is 9.88 Å². The van der Waals surface area contributed by atoms with E-state index in [2.05, 4.69) is 29.2 Å². The quantitative estimate of drug-likeness (QED) is 0.735. The van der Waals surface area contributed by atoms with E-state index in [-0.39, 0.29) is 0 Å². The Morgan fingerprint density at radius 3 is 2.93 bits per heavy atom. The number of hydrogen-bond acceptors (Lipinski definition) is 4. The Morgan fingerprint density at radius 2 is 2.29 bits per heavy atom. The average molecular weight is 194 g/mol. The van der Waals surface area contributed by atoms with Gasteiger partial charge in [0.1, 0.15) is 0 Å². The highest BCUT2D eigenvalue weighted by Gasteiger charge is 1.95. The van der Waals surface area contributed by atoms with Gasteiger partial charge >= 0.3 is 0 Å². The topological polar surface area (TPSA) is 54.2 Å². The summed E-state index contributed by atoms with van der Waals surface area (Å²) in [4.78, 5) is 6.24. The summed E-state index contributed by atoms with van der Waals surface area (Å²) in [6.45, 7) is 5.14. The molecule has 0 aliphatic rings. The molecule has 1 aromatic heterocycles. The van der Waals surface area contributed by atoms with E-state index in [4.69, 9.17) is 5.73 Å². The molecule has 0 radical (unpaired) electrons. The van der Waals surface area contributed by atoms with Crippen molar-refractivity contribution in [3.63, 3.8) is 0 Å². The summed E-state index contributed by atoms with van der Waals surface area (Å²) in [5.74, 6) is 0. The lowest BCUT2D eigenvalue weighted by molar-refractivity contribution is 0.367. The molecule has 0 spiro atoms. The minimum absolute atomic E-state index is 0.693. The fourth-order valence-electron chi connectivity index (χ4n) is 1.10. The molecule has 0 unspecified atom stereocenters. The normalized spacial score (nSPS) is 10.5. The van der Waals surface area contributed by atoms with Crippen LogP contribution < -0.4 is 11.1 Å². The van der Waals surface area contributed by atoms with Gasteiger partial charge in [0.25, 0.3) is 0 Å². The molecule has 0 amide bonds. The maximum absolute atomic E-state index is 5.60. The number of nitrogens with one attached hydrogen (secondary N) is 1. The van der Waals surface area contributed by atoms with Crippen molar-refractivity contribution < 1.29 is 0 Å². The summed E-state index contributed by atoms with van der Waals surface area (Å²) in [5, 5.41) is 3.27. The summed E-state index contributed by atoms with van der Waals surface area (Å²) in [6.07, 6.45) is 3.42. The summed E-state index contributed by atoms with van der Waals surface area (Å²) >= 11 is 0. The number of anilines is 2. The van der Waals surface area contributed by atoms with Gasteiger partial charge in [-0.3, -0.25) is 4.98 Å². The number of aromatic nitrogens is 1. The Balaban J connectivity index is 2.31. The van der Waals surface area contributed by atoms with Crippen LogP contribution in [0.1, 0.15) is 6.92 Å². The molecule has 0 atom stereocenters. The standard InChI is InChI=1S/C10H18N4/c1-3-14(2)5-4-13-10-6-9(11)7-12-8-10/h6-8,13H,3-5,11H2,1-2H3. The smallest absolute Gasteiger partial charge is 0.0547 e. The van der Waals surface area contributed by atoms with Gasteiger partial charge in [-0.25, -0.2) is 0 Å². The summed E-state index contributed by atoms with van der Waals surface area (Å²) in [7, 11) is 2.10. The van der Waals surface area contributed by atoms with Crippen LogP contribution in [0.2, 0.25) is 0 Å². The van der Waals surface area contributed by atoms with Gasteiger partial charge < -0.3 is 16.0 Å². The molecule has 3 N–H and O–H groups in total. The van der Waals surface area contributed by atoms with Crippen LogP contribution in [-0.2, 0) is 0 Å². The monoisotopic (exact) mass is 194 g/mol. The van der Waals surface area contributed by atoms with E-state index < -0.39 is 0 Å². The van der Waals surface area contributed by atoms with Crippen LogP contribution in [0.3, 0.4) is 0 Å². The molecule has 0 aromatic carbocycles. The lowest BCUT2D eigenvalue weighted by Crippen LogP contribution is -2.24. The molecule has 1 aromatic rings. The molecule has 4 heteroatoms. The third kappa shape index (κ3) is 3.62. The fourth-order valence-corrected chi connectivity index (χ4v) is 1.10. The number of nitrogens with two attached hydrogens (primary N) is 1. The Morgan fingerprint density at radius 1 is 1.50 bits per heavy atom. The van der Waals surface area contributed by atoms with E-state index >= 15 is 0 Å². The van der Waals surface area contributed by atoms with E-state index in [9.17, 15) is 0 Å². The molecule has 0 aliphatic heterocycles. The molecule has 0 saturated carbocycles. The maximum Gasteiger partial charge on any atom is 0.0547 e. The SMILES string of the molecule is CCN(C)CCNc1cncc(N)c1. The Labute approximate surface area is 85.1 Å². The predicted molar refractivity (Wildman–Crippen MR) is 60.3 cm³/mol. The number of pyridine rings is 1. The van der Waals surface area contributed by atoms with E-state index in [1.807, 2.05) is 6.07 Å². The predicted octanol–water partition coefficient (Wildman–Crippen LogP) is 1.03. The Kier molecular flexibility index (Phi) is 4.19. The van der Waals surface area contributed by atoms with Crippen molar-refractivity contribution >= 4 is 11.4 Å². The lowest BCUT2D eigenvalue weighted by atomic mass is 10.3. The highest BCUT2D eigenvalue weighted by atomic mass is 15.1. The molecular weight excluding hydrogens is 176 g/mol. The summed E-state index contributed by atoms with van der Waals surface area (Å²) < 4.78 is 0. The van der Waals surface area contributed by atoms with Crippen molar-refractivity contribution in [2.45, 2.75) is 6.92 Å². The van der Waals surface area contributed by atoms with Crippen molar-refractivity contribution in [2.24, 2.45) is 0 Å². The molecule has 0 aliphatic carbocycles. The van der Waals surface area contributed by atoms with Crippen LogP contribution in [0.25, 0.3) is 0 Å². The molecule has 1 heterocycles. The molecule has 78 valence electrons. The van der Waals surface area contributed by atoms with Crippen molar-refractivity contribution in [3.8, 4) is 0 Å². The molecule has 1 rings (SSSR count). The molecule has 4 nitrogen and oxygen atoms in total. The van der Waals surface area contributed by atoms with Gasteiger partial charge in [0.15, 0.2) is 0 Å². The molecule has 0 saturated heterocycles. The number of nitrogen functional groups attached to an aromatic ring is 1. The number of hydrogen-bond donors (Lipinski definition) is 2. The fraction of sp³-hybridized carbons (Fsp3) is 0.500. The van der Waals surface area contributed by atoms with Gasteiger partial charge in [0, 0.05) is 19.3 Å². The lowest BCUT2D eigenvalue weighted by Gasteiger charge is -2.14. The third-order valence-electron chi connectivity index (χ3n) is 2.12. The molecular formula is C10H18N4. The van der Waals surface area contributed by atoms with Gasteiger partial charge in [0.05, 0.1) is 17.6 Å². The van der Waals surface area contributed by atoms with Gasteiger partial charge in [-0.05, 0) is 19.7 Å². The third-order valence-corrected chi connectivity index (χ3v) is 2.12. The highest BCUT2D eigenvalue weighted by Crippen LogP contribution is 2.08. The van der Waals surface area contributed by atoms with Gasteiger partial charge in [-0.2, -0.15) is 0 Å². The summed E-state index contributed by atoms with van der Waals surface area (Å²) in [5.41, 5.74) is 7.28. The Bertz CT molecular complexity index is 275. The zero-order valence-corrected chi connectivity index (χ0v) is 8.83. The van der Waals surface area contributed by atoms with Crippen LogP contribution in [0.15, 0.2) is 18.5 Å². The van der Waals surface area contributed by atoms with E-state index in [0.717, 1.165) is 25.3 Å². The Hall–Kier alpha value is -1.29. The highest BCUT2D eigenvalue weighted by molar-refractivity contribution is 5.51. The average Bonchev–Trinajstić information content (AvgIpc) is 2.17. The van der Waals surface area contributed by atoms with Crippen LogP contribution >= 0.6 is 0 Å². The van der Waals surface area contributed by atoms with Crippen molar-refractivity contribution in [3.05, 3.63) is 18.5 Å². The van der Waals surface area contributed by atoms with Crippen molar-refractivity contribution in [1.29, 1.82) is 0 Å². The summed E-state index contributed by atoms with van der Waals surface area (Å²) in [6, 6.07) is 1.89. The first-order valence-electron chi connectivity index (χ1n) is 4.85. The first-order chi connectivity index (χ1) is 6.72. The van der Waals surface area contributed by atoms with E-state index in [1.165, 1.54) is 0 Å². The van der Waals surface area contributed by atoms with Crippen LogP contribution in [0, 0.1) is 0 Å². The minimum Gasteiger partial charge on any atom is -0.397 e. The second-order valence-electron chi connectivity index (χ2n) is 3.33. The van der Waals surface area contributed by atoms with E-state index in [0.29, 0.717) is 5.69 Å². The number of nitrogens with zero attached hydrogens (tertiary/aromatic N) is 2. The van der Waals surface area contributed by atoms with E-state index in [1.54, 1.807) is 12.4 Å². The largest absolute Gasteiger partial charge is 0.397 e. The van der Waals surface area contributed by atoms with Crippen LogP contribution in [0.4, 0.5) is 11.4 Å². The van der Waals surface area contributed by atoms with Gasteiger partial charge in [-0.1, -0.05) is 6.92 Å². The zero-order chi connectivity index (χ0) is 10.4. The van der Waals surface area contributed by atoms with Crippen LogP contribution in [0.5, 0.6) is 0 Å². The van der Waals surface area contributed by atoms with Gasteiger partial charge in [0.2, 0.25) is 0 Å². The second-order valence-corrected chi connectivity index (χ2v) is 3.33. The first-order valence-corrected chi connectivity index (χ1v) is 4.85. The first kappa shape index (κ1) is 10.8. The zero-order valence-electron chi connectivity index (χ0n) is 8.83.